The smallest absolute Gasteiger partial charge is 0.410 e. The van der Waals surface area contributed by atoms with Crippen LogP contribution < -0.4 is 9.47 Å². The number of likely N-dealkylation sites (N-methyl/N-ethyl adjacent to an activating group) is 1. The molecule has 5 rings (SSSR count). The van der Waals surface area contributed by atoms with Crippen LogP contribution in [0.1, 0.15) is 76.0 Å². The summed E-state index contributed by atoms with van der Waals surface area (Å²) in [6.07, 6.45) is 6.16. The van der Waals surface area contributed by atoms with Gasteiger partial charge in [0, 0.05) is 43.7 Å². The molecule has 0 radical (unpaired) electrons. The van der Waals surface area contributed by atoms with Gasteiger partial charge in [0.15, 0.2) is 11.5 Å². The van der Waals surface area contributed by atoms with Gasteiger partial charge in [0.1, 0.15) is 17.2 Å². The summed E-state index contributed by atoms with van der Waals surface area (Å²) < 4.78 is 40.0. The summed E-state index contributed by atoms with van der Waals surface area (Å²) in [5, 5.41) is 0.308. The molecular weight excluding hydrogens is 639 g/mol. The van der Waals surface area contributed by atoms with Crippen molar-refractivity contribution in [1.82, 2.24) is 19.4 Å². The van der Waals surface area contributed by atoms with Crippen LogP contribution in [0.15, 0.2) is 48.7 Å². The minimum atomic E-state index is -1.30. The highest BCUT2D eigenvalue weighted by Gasteiger charge is 2.43. The summed E-state index contributed by atoms with van der Waals surface area (Å²) in [5.74, 6) is 0.0726. The van der Waals surface area contributed by atoms with Crippen LogP contribution >= 0.6 is 11.6 Å². The van der Waals surface area contributed by atoms with Gasteiger partial charge in [-0.2, -0.15) is 0 Å². The van der Waals surface area contributed by atoms with Crippen LogP contribution in [0.2, 0.25) is 5.02 Å². The molecule has 0 N–H and O–H groups in total. The molecule has 2 aliphatic rings. The lowest BCUT2D eigenvalue weighted by Crippen LogP contribution is -2.37. The molecule has 258 valence electrons. The molecule has 0 aliphatic carbocycles. The van der Waals surface area contributed by atoms with E-state index >= 15 is 0 Å². The molecule has 2 aromatic carbocycles. The second-order valence-electron chi connectivity index (χ2n) is 13.2. The first kappa shape index (κ1) is 35.2. The monoisotopic (exact) mass is 682 g/mol. The van der Waals surface area contributed by atoms with Gasteiger partial charge in [-0.3, -0.25) is 4.90 Å². The lowest BCUT2D eigenvalue weighted by molar-refractivity contribution is -0.137. The fraction of sp³-hybridized carbons (Fsp3) is 0.472. The third kappa shape index (κ3) is 8.30. The number of carbonyl (C=O) groups is 2. The Balaban J connectivity index is 1.26. The van der Waals surface area contributed by atoms with Crippen molar-refractivity contribution in [3.63, 3.8) is 0 Å². The molecule has 2 aliphatic heterocycles. The lowest BCUT2D eigenvalue weighted by Gasteiger charge is -2.32. The predicted octanol–water partition coefficient (Wildman–Crippen LogP) is 7.14. The third-order valence-electron chi connectivity index (χ3n) is 8.43. The molecule has 1 unspecified atom stereocenters. The molecule has 0 saturated carbocycles. The Morgan fingerprint density at radius 1 is 1.19 bits per heavy atom. The molecule has 1 aromatic heterocycles. The molecule has 0 bridgehead atoms. The van der Waals surface area contributed by atoms with E-state index in [9.17, 15) is 14.0 Å². The van der Waals surface area contributed by atoms with E-state index in [-0.39, 0.29) is 18.1 Å². The van der Waals surface area contributed by atoms with Crippen molar-refractivity contribution >= 4 is 29.7 Å². The first-order chi connectivity index (χ1) is 22.8. The average molecular weight is 683 g/mol. The Labute approximate surface area is 286 Å². The van der Waals surface area contributed by atoms with Crippen LogP contribution in [0.3, 0.4) is 0 Å². The molecule has 12 heteroatoms. The number of ether oxygens (including phenoxy) is 4. The number of imidazole rings is 1. The first-order valence-electron chi connectivity index (χ1n) is 16.3. The van der Waals surface area contributed by atoms with E-state index in [1.807, 2.05) is 37.5 Å². The highest BCUT2D eigenvalue weighted by atomic mass is 35.5. The van der Waals surface area contributed by atoms with Gasteiger partial charge in [-0.1, -0.05) is 23.7 Å². The van der Waals surface area contributed by atoms with E-state index in [1.54, 1.807) is 45.3 Å². The van der Waals surface area contributed by atoms with Crippen molar-refractivity contribution in [2.45, 2.75) is 77.9 Å². The van der Waals surface area contributed by atoms with Crippen LogP contribution in [0.4, 0.5) is 9.18 Å². The van der Waals surface area contributed by atoms with Gasteiger partial charge in [0.05, 0.1) is 30.6 Å². The molecule has 0 spiro atoms. The summed E-state index contributed by atoms with van der Waals surface area (Å²) >= 11 is 5.98. The number of hydrogen-bond acceptors (Lipinski definition) is 8. The normalized spacial score (nSPS) is 18.3. The van der Waals surface area contributed by atoms with Gasteiger partial charge in [0.2, 0.25) is 0 Å². The maximum Gasteiger partial charge on any atom is 0.410 e. The number of amides is 1. The lowest BCUT2D eigenvalue weighted by atomic mass is 9.88. The summed E-state index contributed by atoms with van der Waals surface area (Å²) in [6.45, 7) is 12.3. The highest BCUT2D eigenvalue weighted by Crippen LogP contribution is 2.49. The Morgan fingerprint density at radius 3 is 2.62 bits per heavy atom. The topological polar surface area (TPSA) is 95.4 Å². The average Bonchev–Trinajstić information content (AvgIpc) is 3.57. The van der Waals surface area contributed by atoms with Crippen LogP contribution in [-0.4, -0.2) is 70.3 Å². The second kappa shape index (κ2) is 14.6. The number of benzene rings is 2. The van der Waals surface area contributed by atoms with E-state index in [1.165, 1.54) is 17.0 Å². The quantitative estimate of drug-likeness (QED) is 0.165. The Kier molecular flexibility index (Phi) is 10.7. The Bertz CT molecular complexity index is 1660. The maximum absolute atomic E-state index is 14.9. The second-order valence-corrected chi connectivity index (χ2v) is 13.7. The van der Waals surface area contributed by atoms with Gasteiger partial charge >= 0.3 is 12.1 Å². The zero-order chi connectivity index (χ0) is 34.6. The molecule has 48 heavy (non-hydrogen) atoms. The van der Waals surface area contributed by atoms with Crippen molar-refractivity contribution in [2.24, 2.45) is 0 Å². The minimum absolute atomic E-state index is 0.225. The molecule has 3 aromatic rings. The van der Waals surface area contributed by atoms with Crippen LogP contribution in [0, 0.1) is 5.82 Å². The number of aromatic nitrogens is 2. The number of esters is 1. The van der Waals surface area contributed by atoms with Gasteiger partial charge in [-0.15, -0.1) is 0 Å². The number of rotatable bonds is 10. The van der Waals surface area contributed by atoms with E-state index in [4.69, 9.17) is 35.5 Å². The van der Waals surface area contributed by atoms with Crippen molar-refractivity contribution in [3.05, 3.63) is 82.2 Å². The summed E-state index contributed by atoms with van der Waals surface area (Å²) in [5.41, 5.74) is 1.47. The maximum atomic E-state index is 14.9. The number of nitrogens with zero attached hydrogens (tertiary/aromatic N) is 4. The van der Waals surface area contributed by atoms with Gasteiger partial charge < -0.3 is 28.4 Å². The highest BCUT2D eigenvalue weighted by molar-refractivity contribution is 6.30. The van der Waals surface area contributed by atoms with Crippen molar-refractivity contribution in [1.29, 1.82) is 0 Å². The fourth-order valence-corrected chi connectivity index (χ4v) is 6.17. The van der Waals surface area contributed by atoms with Crippen molar-refractivity contribution in [2.75, 3.05) is 33.3 Å². The standard InChI is InChI=1S/C36H44ClFN4O6/c1-7-45-32(43)14-12-26-22-39-31(42(26)20-19-40(6)34(44)48-35(2,3)4)23-41-17-15-24(16-18-41)27-9-8-10-30-33(27)47-36(5,46-30)28-13-11-25(37)21-29(28)38/h8-14,21-22,24H,7,15-20,23H2,1-6H3/b14-12+. The summed E-state index contributed by atoms with van der Waals surface area (Å²) in [6, 6.07) is 10.3. The number of piperidine rings is 1. The first-order valence-corrected chi connectivity index (χ1v) is 16.7. The molecule has 1 fully saturated rings. The largest absolute Gasteiger partial charge is 0.463 e. The molecule has 10 nitrogen and oxygen atoms in total. The number of fused-ring (bicyclic) bond motifs is 1. The Hall–Kier alpha value is -4.09. The van der Waals surface area contributed by atoms with Gasteiger partial charge in [-0.05, 0) is 89.9 Å². The SMILES string of the molecule is CCOC(=O)/C=C/c1cnc(CN2CCC(c3cccc4c3OC(C)(c3ccc(Cl)cc3F)O4)CC2)n1CCN(C)C(=O)OC(C)(C)C. The van der Waals surface area contributed by atoms with Crippen molar-refractivity contribution < 1.29 is 32.9 Å². The Morgan fingerprint density at radius 2 is 1.94 bits per heavy atom. The fourth-order valence-electron chi connectivity index (χ4n) is 6.01. The molecule has 3 heterocycles. The van der Waals surface area contributed by atoms with Crippen molar-refractivity contribution in [3.8, 4) is 11.5 Å². The number of hydrogen-bond donors (Lipinski definition) is 0. The van der Waals surface area contributed by atoms with Crippen LogP contribution in [-0.2, 0) is 33.1 Å². The van der Waals surface area contributed by atoms with Crippen LogP contribution in [0.5, 0.6) is 11.5 Å². The zero-order valence-corrected chi connectivity index (χ0v) is 29.2. The number of carbonyl (C=O) groups excluding carboxylic acids is 2. The summed E-state index contributed by atoms with van der Waals surface area (Å²) in [4.78, 5) is 33.2. The molecule has 1 atom stereocenters. The zero-order valence-electron chi connectivity index (χ0n) is 28.4. The van der Waals surface area contributed by atoms with E-state index < -0.39 is 29.3 Å². The van der Waals surface area contributed by atoms with Gasteiger partial charge in [0.25, 0.3) is 5.79 Å². The van der Waals surface area contributed by atoms with E-state index in [2.05, 4.69) is 11.0 Å². The minimum Gasteiger partial charge on any atom is -0.463 e. The molecular formula is C36H44ClFN4O6. The number of halogens is 2. The molecule has 1 saturated heterocycles. The number of para-hydroxylation sites is 1. The predicted molar refractivity (Wildman–Crippen MR) is 180 cm³/mol. The number of likely N-dealkylation sites (tertiary alicyclic amines) is 1. The third-order valence-corrected chi connectivity index (χ3v) is 8.67. The van der Waals surface area contributed by atoms with Gasteiger partial charge in [-0.25, -0.2) is 19.0 Å². The van der Waals surface area contributed by atoms with Crippen LogP contribution in [0.25, 0.3) is 6.08 Å². The van der Waals surface area contributed by atoms with E-state index in [0.29, 0.717) is 36.2 Å². The summed E-state index contributed by atoms with van der Waals surface area (Å²) in [7, 11) is 1.70. The van der Waals surface area contributed by atoms with E-state index in [0.717, 1.165) is 43.0 Å². The molecule has 1 amide bonds.